The number of nitrogens with two attached hydrogens (primary N) is 2. The Bertz CT molecular complexity index is 192. The molecule has 76 valence electrons. The van der Waals surface area contributed by atoms with E-state index in [9.17, 15) is 9.18 Å². The Morgan fingerprint density at radius 3 is 2.38 bits per heavy atom. The van der Waals surface area contributed by atoms with Crippen molar-refractivity contribution in [3.8, 4) is 0 Å². The lowest BCUT2D eigenvalue weighted by Gasteiger charge is -2.21. The Morgan fingerprint density at radius 1 is 1.54 bits per heavy atom. The molecule has 0 aromatic rings. The van der Waals surface area contributed by atoms with Crippen molar-refractivity contribution in [2.45, 2.75) is 24.8 Å². The van der Waals surface area contributed by atoms with E-state index in [1.807, 2.05) is 0 Å². The monoisotopic (exact) mass is 190 g/mol. The third kappa shape index (κ3) is 3.12. The van der Waals surface area contributed by atoms with Gasteiger partial charge in [-0.1, -0.05) is 6.58 Å². The molecule has 0 heterocycles. The molecule has 0 aromatic heterocycles. The van der Waals surface area contributed by atoms with Crippen LogP contribution in [0.25, 0.3) is 0 Å². The Morgan fingerprint density at radius 2 is 2.08 bits per heavy atom. The second-order valence-corrected chi connectivity index (χ2v) is 2.93. The highest BCUT2D eigenvalue weighted by Gasteiger charge is 2.37. The first kappa shape index (κ1) is 12.1. The van der Waals surface area contributed by atoms with Crippen molar-refractivity contribution < 1.29 is 14.3 Å². The van der Waals surface area contributed by atoms with Crippen LogP contribution in [0.1, 0.15) is 19.3 Å². The summed E-state index contributed by atoms with van der Waals surface area (Å²) in [5.41, 5.74) is 8.57. The maximum absolute atomic E-state index is 12.7. The first-order chi connectivity index (χ1) is 5.95. The number of carboxylic acid groups (broad SMARTS) is 1. The molecule has 0 fully saturated rings. The summed E-state index contributed by atoms with van der Waals surface area (Å²) in [5, 5.41) is 8.65. The molecule has 0 bridgehead atoms. The Balaban J connectivity index is 4.26. The van der Waals surface area contributed by atoms with Gasteiger partial charge in [0.2, 0.25) is 0 Å². The first-order valence-corrected chi connectivity index (χ1v) is 4.02. The van der Waals surface area contributed by atoms with Gasteiger partial charge in [0.1, 0.15) is 5.83 Å². The molecule has 5 N–H and O–H groups in total. The summed E-state index contributed by atoms with van der Waals surface area (Å²) in [5.74, 6) is -2.41. The number of unbranched alkanes of at least 4 members (excludes halogenated alkanes) is 1. The van der Waals surface area contributed by atoms with E-state index < -0.39 is 17.3 Å². The average molecular weight is 190 g/mol. The molecule has 13 heavy (non-hydrogen) atoms. The van der Waals surface area contributed by atoms with E-state index in [1.165, 1.54) is 0 Å². The van der Waals surface area contributed by atoms with Crippen molar-refractivity contribution in [1.82, 2.24) is 0 Å². The maximum atomic E-state index is 12.7. The summed E-state index contributed by atoms with van der Waals surface area (Å²) < 4.78 is 12.7. The Kier molecular flexibility index (Phi) is 4.58. The summed E-state index contributed by atoms with van der Waals surface area (Å²) in [6.07, 6.45) is 1.12. The van der Waals surface area contributed by atoms with Crippen molar-refractivity contribution in [3.63, 3.8) is 0 Å². The molecule has 0 spiro atoms. The van der Waals surface area contributed by atoms with Crippen molar-refractivity contribution in [1.29, 1.82) is 0 Å². The quantitative estimate of drug-likeness (QED) is 0.528. The van der Waals surface area contributed by atoms with E-state index in [4.69, 9.17) is 16.6 Å². The highest BCUT2D eigenvalue weighted by Crippen LogP contribution is 2.20. The molecule has 0 saturated carbocycles. The number of carbonyl (C=O) groups is 1. The molecule has 0 radical (unpaired) electrons. The van der Waals surface area contributed by atoms with E-state index in [-0.39, 0.29) is 6.42 Å². The summed E-state index contributed by atoms with van der Waals surface area (Å²) in [7, 11) is 0. The van der Waals surface area contributed by atoms with Crippen LogP contribution in [0.4, 0.5) is 4.39 Å². The van der Waals surface area contributed by atoms with E-state index >= 15 is 0 Å². The highest BCUT2D eigenvalue weighted by atomic mass is 19.1. The van der Waals surface area contributed by atoms with Gasteiger partial charge in [0.05, 0.1) is 0 Å². The predicted molar refractivity (Wildman–Crippen MR) is 47.7 cm³/mol. The third-order valence-corrected chi connectivity index (χ3v) is 1.89. The van der Waals surface area contributed by atoms with Crippen LogP contribution < -0.4 is 11.5 Å². The molecule has 5 heteroatoms. The molecule has 0 aliphatic heterocycles. The molecule has 0 saturated heterocycles. The Hall–Kier alpha value is -0.940. The summed E-state index contributed by atoms with van der Waals surface area (Å²) in [4.78, 5) is 10.6. The minimum atomic E-state index is -1.95. The number of aliphatic carboxylic acids is 1. The molecule has 4 nitrogen and oxygen atoms in total. The molecule has 0 aliphatic rings. The fourth-order valence-corrected chi connectivity index (χ4v) is 0.907. The van der Waals surface area contributed by atoms with Gasteiger partial charge in [0.15, 0.2) is 5.54 Å². The number of carboxylic acids is 1. The zero-order chi connectivity index (χ0) is 10.5. The van der Waals surface area contributed by atoms with Crippen LogP contribution in [0.15, 0.2) is 12.4 Å². The van der Waals surface area contributed by atoms with Crippen molar-refractivity contribution >= 4 is 5.97 Å². The molecule has 0 aromatic carbocycles. The van der Waals surface area contributed by atoms with Crippen LogP contribution >= 0.6 is 0 Å². The SMILES string of the molecule is C=C(F)[C@](N)(CCCCN)C(=O)O. The van der Waals surface area contributed by atoms with Crippen molar-refractivity contribution in [2.24, 2.45) is 11.5 Å². The number of halogens is 1. The zero-order valence-corrected chi connectivity index (χ0v) is 7.42. The van der Waals surface area contributed by atoms with Crippen molar-refractivity contribution in [3.05, 3.63) is 12.4 Å². The number of hydrogen-bond acceptors (Lipinski definition) is 3. The van der Waals surface area contributed by atoms with E-state index in [0.29, 0.717) is 19.4 Å². The van der Waals surface area contributed by atoms with Crippen molar-refractivity contribution in [2.75, 3.05) is 6.54 Å². The van der Waals surface area contributed by atoms with Gasteiger partial charge in [0, 0.05) is 0 Å². The standard InChI is InChI=1S/C8H15FN2O2/c1-6(9)8(11,7(12)13)4-2-3-5-10/h1-5,10-11H2,(H,12,13)/t8-/m1/s1. The van der Waals surface area contributed by atoms with Crippen LogP contribution in [-0.4, -0.2) is 23.2 Å². The first-order valence-electron chi connectivity index (χ1n) is 4.02. The van der Waals surface area contributed by atoms with Crippen LogP contribution in [0.5, 0.6) is 0 Å². The lowest BCUT2D eigenvalue weighted by molar-refractivity contribution is -0.142. The van der Waals surface area contributed by atoms with Gasteiger partial charge < -0.3 is 16.6 Å². The van der Waals surface area contributed by atoms with Crippen LogP contribution in [0.3, 0.4) is 0 Å². The lowest BCUT2D eigenvalue weighted by atomic mass is 9.93. The van der Waals surface area contributed by atoms with Crippen LogP contribution in [-0.2, 0) is 4.79 Å². The molecular weight excluding hydrogens is 175 g/mol. The number of hydrogen-bond donors (Lipinski definition) is 3. The van der Waals surface area contributed by atoms with Gasteiger partial charge in [-0.2, -0.15) is 0 Å². The molecule has 0 amide bonds. The van der Waals surface area contributed by atoms with E-state index in [0.717, 1.165) is 0 Å². The predicted octanol–water partition coefficient (Wildman–Crippen LogP) is 0.381. The minimum absolute atomic E-state index is 0.0227. The van der Waals surface area contributed by atoms with E-state index in [2.05, 4.69) is 6.58 Å². The molecule has 0 unspecified atom stereocenters. The van der Waals surface area contributed by atoms with Gasteiger partial charge in [-0.3, -0.25) is 0 Å². The van der Waals surface area contributed by atoms with Crippen LogP contribution in [0, 0.1) is 0 Å². The average Bonchev–Trinajstić information content (AvgIpc) is 2.03. The molecular formula is C8H15FN2O2. The fraction of sp³-hybridized carbons (Fsp3) is 0.625. The fourth-order valence-electron chi connectivity index (χ4n) is 0.907. The molecule has 0 aliphatic carbocycles. The second-order valence-electron chi connectivity index (χ2n) is 2.93. The van der Waals surface area contributed by atoms with E-state index in [1.54, 1.807) is 0 Å². The minimum Gasteiger partial charge on any atom is -0.480 e. The zero-order valence-electron chi connectivity index (χ0n) is 7.42. The van der Waals surface area contributed by atoms with Gasteiger partial charge in [0.25, 0.3) is 0 Å². The second kappa shape index (κ2) is 4.94. The smallest absolute Gasteiger partial charge is 0.330 e. The normalized spacial score (nSPS) is 15.0. The third-order valence-electron chi connectivity index (χ3n) is 1.89. The summed E-state index contributed by atoms with van der Waals surface area (Å²) in [6, 6.07) is 0. The van der Waals surface area contributed by atoms with Crippen LogP contribution in [0.2, 0.25) is 0 Å². The maximum Gasteiger partial charge on any atom is 0.330 e. The lowest BCUT2D eigenvalue weighted by Crippen LogP contribution is -2.48. The largest absolute Gasteiger partial charge is 0.480 e. The Labute approximate surface area is 76.4 Å². The van der Waals surface area contributed by atoms with Gasteiger partial charge >= 0.3 is 5.97 Å². The summed E-state index contributed by atoms with van der Waals surface area (Å²) >= 11 is 0. The highest BCUT2D eigenvalue weighted by molar-refractivity contribution is 5.81. The molecule has 0 rings (SSSR count). The number of rotatable bonds is 6. The molecule has 1 atom stereocenters. The topological polar surface area (TPSA) is 89.3 Å². The van der Waals surface area contributed by atoms with Gasteiger partial charge in [-0.15, -0.1) is 0 Å². The van der Waals surface area contributed by atoms with Gasteiger partial charge in [-0.25, -0.2) is 9.18 Å². The summed E-state index contributed by atoms with van der Waals surface area (Å²) in [6.45, 7) is 3.36. The van der Waals surface area contributed by atoms with Gasteiger partial charge in [-0.05, 0) is 25.8 Å².